The van der Waals surface area contributed by atoms with Gasteiger partial charge in [0.25, 0.3) is 0 Å². The van der Waals surface area contributed by atoms with E-state index < -0.39 is 0 Å². The molecule has 3 amide bonds. The van der Waals surface area contributed by atoms with E-state index in [4.69, 9.17) is 0 Å². The molecule has 1 fully saturated rings. The number of amides is 3. The lowest BCUT2D eigenvalue weighted by molar-refractivity contribution is -0.131. The number of carbonyl (C=O) groups is 2. The molecule has 7 nitrogen and oxygen atoms in total. The summed E-state index contributed by atoms with van der Waals surface area (Å²) in [5.74, 6) is 0.107. The number of nitrogens with zero attached hydrogens (tertiary/aromatic N) is 3. The summed E-state index contributed by atoms with van der Waals surface area (Å²) in [6.07, 6.45) is 2.30. The van der Waals surface area contributed by atoms with Crippen molar-refractivity contribution >= 4 is 22.8 Å². The van der Waals surface area contributed by atoms with Crippen LogP contribution in [0.3, 0.4) is 0 Å². The number of H-pyrrole nitrogens is 1. The van der Waals surface area contributed by atoms with Gasteiger partial charge in [0, 0.05) is 49.8 Å². The second-order valence-electron chi connectivity index (χ2n) is 8.74. The van der Waals surface area contributed by atoms with E-state index in [0.29, 0.717) is 39.1 Å². The van der Waals surface area contributed by atoms with E-state index in [1.165, 1.54) is 5.56 Å². The number of benzene rings is 2. The summed E-state index contributed by atoms with van der Waals surface area (Å²) in [7, 11) is 0. The van der Waals surface area contributed by atoms with Gasteiger partial charge >= 0.3 is 6.03 Å². The second-order valence-corrected chi connectivity index (χ2v) is 8.74. The van der Waals surface area contributed by atoms with E-state index in [9.17, 15) is 9.59 Å². The maximum atomic E-state index is 12.9. The van der Waals surface area contributed by atoms with Crippen molar-refractivity contribution in [3.05, 3.63) is 71.9 Å². The van der Waals surface area contributed by atoms with E-state index in [0.717, 1.165) is 29.6 Å². The number of carbonyl (C=O) groups excluding carboxylic acids is 2. The molecule has 0 radical (unpaired) electrons. The van der Waals surface area contributed by atoms with Crippen molar-refractivity contribution in [3.8, 4) is 0 Å². The van der Waals surface area contributed by atoms with Gasteiger partial charge in [-0.1, -0.05) is 62.4 Å². The quantitative estimate of drug-likeness (QED) is 0.538. The van der Waals surface area contributed by atoms with Gasteiger partial charge in [-0.2, -0.15) is 0 Å². The van der Waals surface area contributed by atoms with Gasteiger partial charge in [-0.3, -0.25) is 9.69 Å². The van der Waals surface area contributed by atoms with Crippen molar-refractivity contribution in [3.63, 3.8) is 0 Å². The number of aromatic amines is 1. The Labute approximate surface area is 201 Å². The minimum atomic E-state index is -0.0585. The van der Waals surface area contributed by atoms with Gasteiger partial charge in [-0.25, -0.2) is 4.79 Å². The van der Waals surface area contributed by atoms with Gasteiger partial charge in [0.15, 0.2) is 0 Å². The number of likely N-dealkylation sites (N-methyl/N-ethyl adjacent to an activating group) is 1. The Morgan fingerprint density at radius 3 is 2.29 bits per heavy atom. The molecule has 180 valence electrons. The first-order chi connectivity index (χ1) is 16.6. The van der Waals surface area contributed by atoms with Crippen LogP contribution in [0.5, 0.6) is 0 Å². The molecule has 7 heteroatoms. The van der Waals surface area contributed by atoms with Crippen molar-refractivity contribution in [2.45, 2.75) is 26.3 Å². The van der Waals surface area contributed by atoms with E-state index in [1.54, 1.807) is 0 Å². The largest absolute Gasteiger partial charge is 0.361 e. The summed E-state index contributed by atoms with van der Waals surface area (Å²) in [5, 5.41) is 4.23. The van der Waals surface area contributed by atoms with Crippen LogP contribution in [0.25, 0.3) is 10.9 Å². The number of urea groups is 1. The van der Waals surface area contributed by atoms with Crippen molar-refractivity contribution in [1.29, 1.82) is 0 Å². The highest BCUT2D eigenvalue weighted by Gasteiger charge is 2.26. The van der Waals surface area contributed by atoms with Gasteiger partial charge in [-0.05, 0) is 30.3 Å². The topological polar surface area (TPSA) is 71.7 Å². The van der Waals surface area contributed by atoms with Crippen LogP contribution in [0.2, 0.25) is 0 Å². The molecule has 0 spiro atoms. The van der Waals surface area contributed by atoms with Crippen molar-refractivity contribution in [2.75, 3.05) is 45.8 Å². The SMILES string of the molecule is CCN(CC)C(CNC(=O)N1CCN(C(=O)Cc2c[nH]c3ccccc23)CC1)c1ccccc1. The highest BCUT2D eigenvalue weighted by atomic mass is 16.2. The Bertz CT molecular complexity index is 1080. The van der Waals surface area contributed by atoms with Gasteiger partial charge in [-0.15, -0.1) is 0 Å². The molecule has 1 aliphatic rings. The summed E-state index contributed by atoms with van der Waals surface area (Å²) < 4.78 is 0. The van der Waals surface area contributed by atoms with Crippen LogP contribution in [0.15, 0.2) is 60.8 Å². The fraction of sp³-hybridized carbons (Fsp3) is 0.407. The lowest BCUT2D eigenvalue weighted by Gasteiger charge is -2.36. The third-order valence-corrected chi connectivity index (χ3v) is 6.82. The molecule has 1 aliphatic heterocycles. The number of nitrogens with one attached hydrogen (secondary N) is 2. The highest BCUT2D eigenvalue weighted by Crippen LogP contribution is 2.21. The van der Waals surface area contributed by atoms with Crippen LogP contribution in [0.1, 0.15) is 31.0 Å². The van der Waals surface area contributed by atoms with E-state index >= 15 is 0 Å². The van der Waals surface area contributed by atoms with Crippen LogP contribution >= 0.6 is 0 Å². The molecular weight excluding hydrogens is 426 g/mol. The van der Waals surface area contributed by atoms with E-state index in [1.807, 2.05) is 58.5 Å². The number of fused-ring (bicyclic) bond motifs is 1. The number of hydrogen-bond acceptors (Lipinski definition) is 3. The van der Waals surface area contributed by atoms with Crippen molar-refractivity contribution in [2.24, 2.45) is 0 Å². The van der Waals surface area contributed by atoms with E-state index in [-0.39, 0.29) is 18.0 Å². The molecular formula is C27H35N5O2. The lowest BCUT2D eigenvalue weighted by Crippen LogP contribution is -2.54. The number of piperazine rings is 1. The molecule has 1 aromatic heterocycles. The summed E-state index contributed by atoms with van der Waals surface area (Å²) >= 11 is 0. The van der Waals surface area contributed by atoms with Gasteiger partial charge in [0.05, 0.1) is 12.5 Å². The molecule has 4 rings (SSSR count). The Morgan fingerprint density at radius 2 is 1.59 bits per heavy atom. The van der Waals surface area contributed by atoms with Crippen molar-refractivity contribution < 1.29 is 9.59 Å². The molecule has 3 aromatic rings. The monoisotopic (exact) mass is 461 g/mol. The maximum Gasteiger partial charge on any atom is 0.317 e. The lowest BCUT2D eigenvalue weighted by atomic mass is 10.1. The maximum absolute atomic E-state index is 12.9. The van der Waals surface area contributed by atoms with Crippen LogP contribution < -0.4 is 5.32 Å². The predicted molar refractivity (Wildman–Crippen MR) is 136 cm³/mol. The zero-order chi connectivity index (χ0) is 23.9. The average molecular weight is 462 g/mol. The smallest absolute Gasteiger partial charge is 0.317 e. The summed E-state index contributed by atoms with van der Waals surface area (Å²) in [5.41, 5.74) is 3.27. The third kappa shape index (κ3) is 5.42. The first kappa shape index (κ1) is 23.8. The van der Waals surface area contributed by atoms with Crippen LogP contribution in [0, 0.1) is 0 Å². The Hall–Kier alpha value is -3.32. The standard InChI is InChI=1S/C27H35N5O2/c1-3-30(4-2)25(21-10-6-5-7-11-21)20-29-27(34)32-16-14-31(15-17-32)26(33)18-22-19-28-24-13-9-8-12-23(22)24/h5-13,19,25,28H,3-4,14-18,20H2,1-2H3,(H,29,34). The Kier molecular flexibility index (Phi) is 7.85. The first-order valence-electron chi connectivity index (χ1n) is 12.2. The average Bonchev–Trinajstić information content (AvgIpc) is 3.29. The minimum absolute atomic E-state index is 0.0585. The molecule has 34 heavy (non-hydrogen) atoms. The zero-order valence-corrected chi connectivity index (χ0v) is 20.2. The third-order valence-electron chi connectivity index (χ3n) is 6.82. The molecule has 2 heterocycles. The molecule has 1 unspecified atom stereocenters. The van der Waals surface area contributed by atoms with Crippen LogP contribution in [-0.4, -0.2) is 77.4 Å². The Balaban J connectivity index is 1.29. The fourth-order valence-corrected chi connectivity index (χ4v) is 4.80. The zero-order valence-electron chi connectivity index (χ0n) is 20.2. The van der Waals surface area contributed by atoms with Gasteiger partial charge < -0.3 is 20.1 Å². The number of aromatic nitrogens is 1. The highest BCUT2D eigenvalue weighted by molar-refractivity contribution is 5.89. The number of hydrogen-bond donors (Lipinski definition) is 2. The minimum Gasteiger partial charge on any atom is -0.361 e. The van der Waals surface area contributed by atoms with Gasteiger partial charge in [0.2, 0.25) is 5.91 Å². The molecule has 0 bridgehead atoms. The fourth-order valence-electron chi connectivity index (χ4n) is 4.80. The molecule has 2 N–H and O–H groups in total. The first-order valence-corrected chi connectivity index (χ1v) is 12.2. The van der Waals surface area contributed by atoms with Crippen molar-refractivity contribution in [1.82, 2.24) is 25.0 Å². The van der Waals surface area contributed by atoms with E-state index in [2.05, 4.69) is 41.2 Å². The molecule has 1 atom stereocenters. The molecule has 0 aliphatic carbocycles. The molecule has 2 aromatic carbocycles. The molecule has 1 saturated heterocycles. The molecule has 0 saturated carbocycles. The summed E-state index contributed by atoms with van der Waals surface area (Å²) in [6, 6.07) is 18.4. The summed E-state index contributed by atoms with van der Waals surface area (Å²) in [4.78, 5) is 35.1. The summed E-state index contributed by atoms with van der Waals surface area (Å²) in [6.45, 7) is 8.91. The van der Waals surface area contributed by atoms with Crippen LogP contribution in [-0.2, 0) is 11.2 Å². The number of para-hydroxylation sites is 1. The predicted octanol–water partition coefficient (Wildman–Crippen LogP) is 3.65. The van der Waals surface area contributed by atoms with Gasteiger partial charge in [0.1, 0.15) is 0 Å². The van der Waals surface area contributed by atoms with Crippen LogP contribution in [0.4, 0.5) is 4.79 Å². The number of rotatable bonds is 8. The normalized spacial score (nSPS) is 15.0. The Morgan fingerprint density at radius 1 is 0.941 bits per heavy atom. The second kappa shape index (κ2) is 11.2.